The van der Waals surface area contributed by atoms with Crippen LogP contribution in [-0.4, -0.2) is 6.54 Å². The van der Waals surface area contributed by atoms with Crippen molar-refractivity contribution in [3.05, 3.63) is 70.5 Å². The molecule has 0 aliphatic rings. The van der Waals surface area contributed by atoms with E-state index in [0.717, 1.165) is 30.6 Å². The molecular weight excluding hydrogens is 251 g/mol. The minimum absolute atomic E-state index is 0.184. The maximum absolute atomic E-state index is 13.0. The Morgan fingerprint density at radius 3 is 2.55 bits per heavy atom. The van der Waals surface area contributed by atoms with Gasteiger partial charge >= 0.3 is 0 Å². The molecule has 0 unspecified atom stereocenters. The average molecular weight is 268 g/mol. The quantitative estimate of drug-likeness (QED) is 0.844. The zero-order valence-corrected chi connectivity index (χ0v) is 11.5. The van der Waals surface area contributed by atoms with Gasteiger partial charge < -0.3 is 5.32 Å². The van der Waals surface area contributed by atoms with Crippen LogP contribution in [0.15, 0.2) is 42.5 Å². The lowest BCUT2D eigenvalue weighted by Crippen LogP contribution is -2.17. The molecule has 0 bridgehead atoms. The van der Waals surface area contributed by atoms with Crippen molar-refractivity contribution in [1.82, 2.24) is 5.32 Å². The van der Waals surface area contributed by atoms with E-state index < -0.39 is 0 Å². The maximum Gasteiger partial charge on any atom is 0.123 e. The molecular formula is C17H17FN2. The van der Waals surface area contributed by atoms with Gasteiger partial charge in [0.1, 0.15) is 5.82 Å². The van der Waals surface area contributed by atoms with E-state index in [9.17, 15) is 4.39 Å². The van der Waals surface area contributed by atoms with E-state index in [2.05, 4.69) is 11.4 Å². The van der Waals surface area contributed by atoms with Gasteiger partial charge in [0.05, 0.1) is 11.6 Å². The minimum Gasteiger partial charge on any atom is -0.312 e. The van der Waals surface area contributed by atoms with E-state index >= 15 is 0 Å². The third kappa shape index (κ3) is 3.91. The number of hydrogen-bond acceptors (Lipinski definition) is 2. The number of halogens is 1. The zero-order chi connectivity index (χ0) is 14.4. The molecule has 2 rings (SSSR count). The van der Waals surface area contributed by atoms with E-state index in [1.807, 2.05) is 37.3 Å². The molecule has 2 aromatic carbocycles. The fourth-order valence-electron chi connectivity index (χ4n) is 2.09. The highest BCUT2D eigenvalue weighted by Gasteiger charge is 2.00. The highest BCUT2D eigenvalue weighted by atomic mass is 19.1. The monoisotopic (exact) mass is 268 g/mol. The molecule has 0 aromatic heterocycles. The number of aryl methyl sites for hydroxylation is 1. The van der Waals surface area contributed by atoms with Crippen LogP contribution >= 0.6 is 0 Å². The number of nitrogens with one attached hydrogen (secondary N) is 1. The molecule has 0 heterocycles. The van der Waals surface area contributed by atoms with Crippen molar-refractivity contribution in [2.75, 3.05) is 6.54 Å². The van der Waals surface area contributed by atoms with Gasteiger partial charge in [-0.1, -0.05) is 18.2 Å². The van der Waals surface area contributed by atoms with Gasteiger partial charge in [-0.25, -0.2) is 4.39 Å². The summed E-state index contributed by atoms with van der Waals surface area (Å²) in [5, 5.41) is 12.1. The Morgan fingerprint density at radius 1 is 1.15 bits per heavy atom. The van der Waals surface area contributed by atoms with Crippen LogP contribution in [0.4, 0.5) is 4.39 Å². The standard InChI is InChI=1S/C17H17FN2/c1-13-10-17(18)7-6-16(13)8-9-20-12-15-4-2-14(11-19)3-5-15/h2-7,10,20H,8-9,12H2,1H3. The highest BCUT2D eigenvalue weighted by molar-refractivity contribution is 5.31. The first-order chi connectivity index (χ1) is 9.69. The normalized spacial score (nSPS) is 10.2. The molecule has 0 aliphatic heterocycles. The summed E-state index contributed by atoms with van der Waals surface area (Å²) >= 11 is 0. The fourth-order valence-corrected chi connectivity index (χ4v) is 2.09. The first-order valence-corrected chi connectivity index (χ1v) is 6.64. The summed E-state index contributed by atoms with van der Waals surface area (Å²) in [6, 6.07) is 14.6. The van der Waals surface area contributed by atoms with Gasteiger partial charge in [0.2, 0.25) is 0 Å². The number of hydrogen-bond donors (Lipinski definition) is 1. The molecule has 0 radical (unpaired) electrons. The van der Waals surface area contributed by atoms with Crippen molar-refractivity contribution in [2.45, 2.75) is 19.9 Å². The highest BCUT2D eigenvalue weighted by Crippen LogP contribution is 2.10. The molecule has 0 aliphatic carbocycles. The summed E-state index contributed by atoms with van der Waals surface area (Å²) in [5.41, 5.74) is 3.99. The van der Waals surface area contributed by atoms with Crippen molar-refractivity contribution in [3.63, 3.8) is 0 Å². The van der Waals surface area contributed by atoms with Gasteiger partial charge in [0.25, 0.3) is 0 Å². The Labute approximate surface area is 118 Å². The Morgan fingerprint density at radius 2 is 1.90 bits per heavy atom. The van der Waals surface area contributed by atoms with Gasteiger partial charge in [-0.2, -0.15) is 5.26 Å². The molecule has 2 aromatic rings. The first kappa shape index (κ1) is 14.2. The van der Waals surface area contributed by atoms with Gasteiger partial charge in [0, 0.05) is 6.54 Å². The molecule has 2 nitrogen and oxygen atoms in total. The lowest BCUT2D eigenvalue weighted by atomic mass is 10.1. The summed E-state index contributed by atoms with van der Waals surface area (Å²) in [5.74, 6) is -0.184. The summed E-state index contributed by atoms with van der Waals surface area (Å²) in [6.45, 7) is 3.54. The largest absolute Gasteiger partial charge is 0.312 e. The van der Waals surface area contributed by atoms with Crippen molar-refractivity contribution in [3.8, 4) is 6.07 Å². The van der Waals surface area contributed by atoms with E-state index in [-0.39, 0.29) is 5.82 Å². The van der Waals surface area contributed by atoms with Crippen molar-refractivity contribution >= 4 is 0 Å². The predicted octanol–water partition coefficient (Wildman–Crippen LogP) is 3.34. The number of nitrogens with zero attached hydrogens (tertiary/aromatic N) is 1. The molecule has 20 heavy (non-hydrogen) atoms. The second-order valence-electron chi connectivity index (χ2n) is 4.81. The summed E-state index contributed by atoms with van der Waals surface area (Å²) in [7, 11) is 0. The topological polar surface area (TPSA) is 35.8 Å². The predicted molar refractivity (Wildman–Crippen MR) is 77.7 cm³/mol. The third-order valence-electron chi connectivity index (χ3n) is 3.29. The molecule has 102 valence electrons. The Hall–Kier alpha value is -2.18. The smallest absolute Gasteiger partial charge is 0.123 e. The van der Waals surface area contributed by atoms with Crippen molar-refractivity contribution in [1.29, 1.82) is 5.26 Å². The Balaban J connectivity index is 1.80. The van der Waals surface area contributed by atoms with Crippen LogP contribution in [0.2, 0.25) is 0 Å². The zero-order valence-electron chi connectivity index (χ0n) is 11.5. The summed E-state index contributed by atoms with van der Waals surface area (Å²) in [4.78, 5) is 0. The van der Waals surface area contributed by atoms with Crippen LogP contribution in [-0.2, 0) is 13.0 Å². The molecule has 0 atom stereocenters. The summed E-state index contributed by atoms with van der Waals surface area (Å²) < 4.78 is 13.0. The van der Waals surface area contributed by atoms with Gasteiger partial charge in [0.15, 0.2) is 0 Å². The summed E-state index contributed by atoms with van der Waals surface area (Å²) in [6.07, 6.45) is 0.877. The van der Waals surface area contributed by atoms with Crippen LogP contribution in [0.25, 0.3) is 0 Å². The molecule has 0 fully saturated rings. The fraction of sp³-hybridized carbons (Fsp3) is 0.235. The van der Waals surface area contributed by atoms with Gasteiger partial charge in [-0.3, -0.25) is 0 Å². The number of nitriles is 1. The molecule has 0 saturated carbocycles. The van der Waals surface area contributed by atoms with Crippen LogP contribution in [0.5, 0.6) is 0 Å². The second-order valence-corrected chi connectivity index (χ2v) is 4.81. The lowest BCUT2D eigenvalue weighted by molar-refractivity contribution is 0.624. The molecule has 3 heteroatoms. The molecule has 0 amide bonds. The number of rotatable bonds is 5. The van der Waals surface area contributed by atoms with Crippen LogP contribution < -0.4 is 5.32 Å². The molecule has 0 saturated heterocycles. The second kappa shape index (κ2) is 6.83. The van der Waals surface area contributed by atoms with Crippen molar-refractivity contribution in [2.24, 2.45) is 0 Å². The first-order valence-electron chi connectivity index (χ1n) is 6.64. The van der Waals surface area contributed by atoms with Crippen LogP contribution in [0.1, 0.15) is 22.3 Å². The molecule has 1 N–H and O–H groups in total. The van der Waals surface area contributed by atoms with E-state index in [1.165, 1.54) is 11.6 Å². The third-order valence-corrected chi connectivity index (χ3v) is 3.29. The van der Waals surface area contributed by atoms with E-state index in [0.29, 0.717) is 5.56 Å². The van der Waals surface area contributed by atoms with Gasteiger partial charge in [-0.05, 0) is 60.8 Å². The Kier molecular flexibility index (Phi) is 4.86. The average Bonchev–Trinajstić information content (AvgIpc) is 2.46. The van der Waals surface area contributed by atoms with Crippen LogP contribution in [0, 0.1) is 24.1 Å². The van der Waals surface area contributed by atoms with Crippen LogP contribution in [0.3, 0.4) is 0 Å². The number of benzene rings is 2. The van der Waals surface area contributed by atoms with Crippen molar-refractivity contribution < 1.29 is 4.39 Å². The Bertz CT molecular complexity index is 612. The van der Waals surface area contributed by atoms with E-state index in [1.54, 1.807) is 6.07 Å². The molecule has 0 spiro atoms. The SMILES string of the molecule is Cc1cc(F)ccc1CCNCc1ccc(C#N)cc1. The van der Waals surface area contributed by atoms with Gasteiger partial charge in [-0.15, -0.1) is 0 Å². The van der Waals surface area contributed by atoms with E-state index in [4.69, 9.17) is 5.26 Å². The lowest BCUT2D eigenvalue weighted by Gasteiger charge is -2.08. The maximum atomic E-state index is 13.0. The minimum atomic E-state index is -0.184.